The Hall–Kier alpha value is -1.10. The minimum Gasteiger partial charge on any atom is -0.488 e. The van der Waals surface area contributed by atoms with Crippen LogP contribution in [0, 0.1) is 0 Å². The standard InChI is InChI=1S/C4H4ClN3O2/c1-8-4(5)6-2(9)3(10)7-8/h1H3,(H,7,10). The van der Waals surface area contributed by atoms with Crippen molar-refractivity contribution < 1.29 is 5.11 Å². The molecule has 5 nitrogen and oxygen atoms in total. The van der Waals surface area contributed by atoms with E-state index in [9.17, 15) is 4.79 Å². The molecule has 6 heteroatoms. The fourth-order valence-corrected chi connectivity index (χ4v) is 0.547. The molecule has 0 spiro atoms. The van der Waals surface area contributed by atoms with E-state index in [2.05, 4.69) is 10.1 Å². The van der Waals surface area contributed by atoms with Gasteiger partial charge in [-0.2, -0.15) is 4.98 Å². The van der Waals surface area contributed by atoms with E-state index in [1.165, 1.54) is 7.05 Å². The van der Waals surface area contributed by atoms with E-state index >= 15 is 0 Å². The van der Waals surface area contributed by atoms with Gasteiger partial charge in [-0.1, -0.05) is 0 Å². The highest BCUT2D eigenvalue weighted by Crippen LogP contribution is 1.98. The van der Waals surface area contributed by atoms with Crippen LogP contribution in [0.1, 0.15) is 0 Å². The quantitative estimate of drug-likeness (QED) is 0.559. The van der Waals surface area contributed by atoms with Crippen molar-refractivity contribution in [1.29, 1.82) is 0 Å². The molecule has 0 radical (unpaired) electrons. The molecule has 0 aliphatic heterocycles. The first-order valence-corrected chi connectivity index (χ1v) is 2.79. The molecular weight excluding hydrogens is 158 g/mol. The number of aromatic nitrogens is 3. The Morgan fingerprint density at radius 1 is 1.70 bits per heavy atom. The summed E-state index contributed by atoms with van der Waals surface area (Å²) in [5, 5.41) is 11.9. The molecule has 0 aromatic carbocycles. The molecule has 0 unspecified atom stereocenters. The SMILES string of the molecule is Cn1nc(O)c(=O)nc1Cl. The van der Waals surface area contributed by atoms with Gasteiger partial charge in [0.25, 0.3) is 5.88 Å². The molecule has 0 amide bonds. The van der Waals surface area contributed by atoms with Crippen molar-refractivity contribution >= 4 is 11.6 Å². The fourth-order valence-electron chi connectivity index (χ4n) is 0.432. The average Bonchev–Trinajstić information content (AvgIpc) is 1.84. The number of aromatic hydroxyl groups is 1. The number of aryl methyl sites for hydroxylation is 1. The van der Waals surface area contributed by atoms with Gasteiger partial charge < -0.3 is 5.11 Å². The Morgan fingerprint density at radius 2 is 2.30 bits per heavy atom. The summed E-state index contributed by atoms with van der Waals surface area (Å²) in [5.74, 6) is -0.646. The monoisotopic (exact) mass is 161 g/mol. The molecule has 0 aliphatic rings. The zero-order valence-corrected chi connectivity index (χ0v) is 5.83. The van der Waals surface area contributed by atoms with Gasteiger partial charge in [-0.15, -0.1) is 5.10 Å². The minimum atomic E-state index is -0.817. The normalized spacial score (nSPS) is 9.80. The topological polar surface area (TPSA) is 68.0 Å². The van der Waals surface area contributed by atoms with Gasteiger partial charge in [0.2, 0.25) is 5.28 Å². The van der Waals surface area contributed by atoms with Gasteiger partial charge in [-0.3, -0.25) is 4.79 Å². The molecule has 1 N–H and O–H groups in total. The highest BCUT2D eigenvalue weighted by atomic mass is 35.5. The van der Waals surface area contributed by atoms with Crippen LogP contribution in [-0.2, 0) is 7.05 Å². The molecule has 0 atom stereocenters. The highest BCUT2D eigenvalue weighted by molar-refractivity contribution is 6.28. The fraction of sp³-hybridized carbons (Fsp3) is 0.250. The minimum absolute atomic E-state index is 0.0530. The smallest absolute Gasteiger partial charge is 0.336 e. The number of halogens is 1. The largest absolute Gasteiger partial charge is 0.488 e. The van der Waals surface area contributed by atoms with Crippen molar-refractivity contribution in [1.82, 2.24) is 14.8 Å². The van der Waals surface area contributed by atoms with Gasteiger partial charge in [0, 0.05) is 7.05 Å². The lowest BCUT2D eigenvalue weighted by Gasteiger charge is -1.96. The first kappa shape index (κ1) is 7.01. The van der Waals surface area contributed by atoms with Gasteiger partial charge in [0.1, 0.15) is 0 Å². The predicted molar refractivity (Wildman–Crippen MR) is 33.9 cm³/mol. The van der Waals surface area contributed by atoms with Crippen LogP contribution in [-0.4, -0.2) is 19.9 Å². The summed E-state index contributed by atoms with van der Waals surface area (Å²) >= 11 is 5.36. The zero-order valence-electron chi connectivity index (χ0n) is 5.08. The van der Waals surface area contributed by atoms with Gasteiger partial charge in [-0.25, -0.2) is 4.68 Å². The van der Waals surface area contributed by atoms with E-state index in [0.29, 0.717) is 0 Å². The maximum Gasteiger partial charge on any atom is 0.336 e. The molecule has 0 saturated carbocycles. The van der Waals surface area contributed by atoms with Crippen LogP contribution in [0.4, 0.5) is 0 Å². The Kier molecular flexibility index (Phi) is 1.58. The Labute approximate surface area is 60.9 Å². The molecule has 0 aliphatic carbocycles. The number of rotatable bonds is 0. The molecular formula is C4H4ClN3O2. The summed E-state index contributed by atoms with van der Waals surface area (Å²) in [6.07, 6.45) is 0. The summed E-state index contributed by atoms with van der Waals surface area (Å²) < 4.78 is 1.10. The van der Waals surface area contributed by atoms with Crippen LogP contribution in [0.3, 0.4) is 0 Å². The molecule has 0 saturated heterocycles. The van der Waals surface area contributed by atoms with E-state index < -0.39 is 11.4 Å². The number of hydrogen-bond acceptors (Lipinski definition) is 4. The van der Waals surface area contributed by atoms with Crippen LogP contribution < -0.4 is 5.56 Å². The third kappa shape index (κ3) is 1.08. The summed E-state index contributed by atoms with van der Waals surface area (Å²) in [7, 11) is 1.47. The zero-order chi connectivity index (χ0) is 7.72. The molecule has 1 aromatic heterocycles. The molecule has 10 heavy (non-hydrogen) atoms. The van der Waals surface area contributed by atoms with Crippen LogP contribution in [0.15, 0.2) is 4.79 Å². The van der Waals surface area contributed by atoms with E-state index in [1.807, 2.05) is 0 Å². The third-order valence-electron chi connectivity index (χ3n) is 0.897. The lowest BCUT2D eigenvalue weighted by Crippen LogP contribution is -2.13. The van der Waals surface area contributed by atoms with E-state index in [1.54, 1.807) is 0 Å². The summed E-state index contributed by atoms with van der Waals surface area (Å²) in [4.78, 5) is 13.7. The highest BCUT2D eigenvalue weighted by Gasteiger charge is 2.01. The van der Waals surface area contributed by atoms with Crippen LogP contribution in [0.25, 0.3) is 0 Å². The first-order chi connectivity index (χ1) is 4.61. The van der Waals surface area contributed by atoms with Crippen molar-refractivity contribution in [2.24, 2.45) is 7.05 Å². The van der Waals surface area contributed by atoms with Gasteiger partial charge >= 0.3 is 5.56 Å². The van der Waals surface area contributed by atoms with Crippen LogP contribution >= 0.6 is 11.6 Å². The molecule has 1 aromatic rings. The molecule has 1 rings (SSSR count). The maximum atomic E-state index is 10.5. The molecule has 54 valence electrons. The van der Waals surface area contributed by atoms with E-state index in [0.717, 1.165) is 4.68 Å². The number of nitrogens with zero attached hydrogens (tertiary/aromatic N) is 3. The summed E-state index contributed by atoms with van der Waals surface area (Å²) in [5.41, 5.74) is -0.817. The second-order valence-corrected chi connectivity index (χ2v) is 1.97. The second-order valence-electron chi connectivity index (χ2n) is 1.63. The Bertz CT molecular complexity index is 308. The average molecular weight is 162 g/mol. The first-order valence-electron chi connectivity index (χ1n) is 2.41. The molecule has 0 fully saturated rings. The summed E-state index contributed by atoms with van der Waals surface area (Å²) in [6, 6.07) is 0. The van der Waals surface area contributed by atoms with Crippen molar-refractivity contribution in [3.8, 4) is 5.88 Å². The third-order valence-corrected chi connectivity index (χ3v) is 1.23. The second kappa shape index (κ2) is 2.26. The van der Waals surface area contributed by atoms with Gasteiger partial charge in [0.15, 0.2) is 0 Å². The van der Waals surface area contributed by atoms with E-state index in [4.69, 9.17) is 16.7 Å². The van der Waals surface area contributed by atoms with Crippen molar-refractivity contribution in [2.45, 2.75) is 0 Å². The predicted octanol–water partition coefficient (Wildman–Crippen LogP) is -0.466. The molecule has 0 bridgehead atoms. The lowest BCUT2D eigenvalue weighted by atomic mass is 10.8. The van der Waals surface area contributed by atoms with Crippen molar-refractivity contribution in [2.75, 3.05) is 0 Å². The number of hydrogen-bond donors (Lipinski definition) is 1. The van der Waals surface area contributed by atoms with Crippen LogP contribution in [0.5, 0.6) is 5.88 Å². The van der Waals surface area contributed by atoms with Crippen LogP contribution in [0.2, 0.25) is 5.28 Å². The maximum absolute atomic E-state index is 10.5. The van der Waals surface area contributed by atoms with Crippen molar-refractivity contribution in [3.63, 3.8) is 0 Å². The van der Waals surface area contributed by atoms with E-state index in [-0.39, 0.29) is 5.28 Å². The Balaban J connectivity index is 3.43. The molecule has 1 heterocycles. The lowest BCUT2D eigenvalue weighted by molar-refractivity contribution is 0.420. The van der Waals surface area contributed by atoms with Crippen molar-refractivity contribution in [3.05, 3.63) is 15.6 Å². The summed E-state index contributed by atoms with van der Waals surface area (Å²) in [6.45, 7) is 0. The van der Waals surface area contributed by atoms with Gasteiger partial charge in [-0.05, 0) is 11.6 Å². The Morgan fingerprint density at radius 3 is 2.80 bits per heavy atom. The van der Waals surface area contributed by atoms with Gasteiger partial charge in [0.05, 0.1) is 0 Å².